The molecule has 0 aliphatic carbocycles. The van der Waals surface area contributed by atoms with Gasteiger partial charge in [0, 0.05) is 18.2 Å². The lowest BCUT2D eigenvalue weighted by Crippen LogP contribution is -2.41. The highest BCUT2D eigenvalue weighted by molar-refractivity contribution is 5.97. The van der Waals surface area contributed by atoms with Gasteiger partial charge in [-0.3, -0.25) is 14.9 Å². The van der Waals surface area contributed by atoms with Gasteiger partial charge in [0.05, 0.1) is 5.39 Å². The van der Waals surface area contributed by atoms with Crippen molar-refractivity contribution in [3.05, 3.63) is 47.2 Å². The summed E-state index contributed by atoms with van der Waals surface area (Å²) in [5.41, 5.74) is 14.1. The number of H-pyrrole nitrogens is 2. The van der Waals surface area contributed by atoms with Crippen molar-refractivity contribution in [3.8, 4) is 0 Å². The van der Waals surface area contributed by atoms with Crippen molar-refractivity contribution in [3.63, 3.8) is 0 Å². The van der Waals surface area contributed by atoms with E-state index in [1.165, 1.54) is 0 Å². The van der Waals surface area contributed by atoms with Crippen molar-refractivity contribution < 1.29 is 19.5 Å². The van der Waals surface area contributed by atoms with Gasteiger partial charge >= 0.3 is 5.97 Å². The highest BCUT2D eigenvalue weighted by Crippen LogP contribution is 2.32. The van der Waals surface area contributed by atoms with Crippen LogP contribution in [0.3, 0.4) is 0 Å². The fourth-order valence-electron chi connectivity index (χ4n) is 4.11. The number of hydrogen-bond donors (Lipinski definition) is 7. The molecule has 0 saturated heterocycles. The van der Waals surface area contributed by atoms with Crippen LogP contribution >= 0.6 is 0 Å². The molecule has 0 fully saturated rings. The molecule has 0 aliphatic rings. The molecule has 4 aromatic rings. The number of amides is 2. The van der Waals surface area contributed by atoms with Crippen molar-refractivity contribution >= 4 is 46.5 Å². The molecular formula is C23H27N11O4. The number of hydrogen-bond acceptors (Lipinski definition) is 10. The summed E-state index contributed by atoms with van der Waals surface area (Å²) in [5.74, 6) is -1.97. The minimum absolute atomic E-state index is 0.0277. The topological polar surface area (TPSA) is 244 Å². The second kappa shape index (κ2) is 10.5. The SMILES string of the molecule is CC(C)(Cc1c[nH]c2nc(N)nc(N)c12)c1ccc(C(=O)NC(CCC(=O)Nc2nn[nH]n2)C(=O)O)cc1. The molecule has 0 spiro atoms. The second-order valence-corrected chi connectivity index (χ2v) is 9.33. The fourth-order valence-corrected chi connectivity index (χ4v) is 4.11. The van der Waals surface area contributed by atoms with Gasteiger partial charge in [-0.05, 0) is 46.7 Å². The zero-order valence-corrected chi connectivity index (χ0v) is 20.6. The number of anilines is 3. The molecule has 3 aromatic heterocycles. The smallest absolute Gasteiger partial charge is 0.326 e. The van der Waals surface area contributed by atoms with Crippen LogP contribution in [0.4, 0.5) is 17.7 Å². The van der Waals surface area contributed by atoms with Crippen molar-refractivity contribution in [2.24, 2.45) is 0 Å². The summed E-state index contributed by atoms with van der Waals surface area (Å²) in [4.78, 5) is 47.7. The quantitative estimate of drug-likeness (QED) is 0.153. The Morgan fingerprint density at radius 1 is 1.13 bits per heavy atom. The lowest BCUT2D eigenvalue weighted by atomic mass is 9.79. The monoisotopic (exact) mass is 521 g/mol. The molecule has 0 radical (unpaired) electrons. The van der Waals surface area contributed by atoms with E-state index in [4.69, 9.17) is 11.5 Å². The summed E-state index contributed by atoms with van der Waals surface area (Å²) in [6, 6.07) is 5.62. The van der Waals surface area contributed by atoms with Crippen molar-refractivity contribution in [1.82, 2.24) is 40.9 Å². The average molecular weight is 522 g/mol. The minimum Gasteiger partial charge on any atom is -0.480 e. The Bertz CT molecular complexity index is 1460. The number of carbonyl (C=O) groups is 3. The lowest BCUT2D eigenvalue weighted by Gasteiger charge is -2.25. The van der Waals surface area contributed by atoms with E-state index in [2.05, 4.69) is 60.1 Å². The number of aromatic nitrogens is 7. The van der Waals surface area contributed by atoms with Crippen LogP contribution in [-0.2, 0) is 21.4 Å². The van der Waals surface area contributed by atoms with Crippen molar-refractivity contribution in [2.45, 2.75) is 44.6 Å². The molecule has 0 aliphatic heterocycles. The number of carboxylic acids is 1. The number of nitrogen functional groups attached to an aromatic ring is 2. The van der Waals surface area contributed by atoms with E-state index in [9.17, 15) is 19.5 Å². The molecule has 1 atom stereocenters. The number of aromatic amines is 2. The maximum Gasteiger partial charge on any atom is 0.326 e. The van der Waals surface area contributed by atoms with E-state index in [-0.39, 0.29) is 35.7 Å². The van der Waals surface area contributed by atoms with E-state index in [0.29, 0.717) is 23.3 Å². The summed E-state index contributed by atoms with van der Waals surface area (Å²) in [6.45, 7) is 4.10. The molecule has 15 nitrogen and oxygen atoms in total. The molecule has 3 heterocycles. The zero-order valence-electron chi connectivity index (χ0n) is 20.6. The third kappa shape index (κ3) is 5.83. The first-order chi connectivity index (χ1) is 18.0. The minimum atomic E-state index is -1.27. The molecule has 38 heavy (non-hydrogen) atoms. The number of carbonyl (C=O) groups excluding carboxylic acids is 2. The van der Waals surface area contributed by atoms with E-state index in [1.54, 1.807) is 12.1 Å². The van der Waals surface area contributed by atoms with E-state index >= 15 is 0 Å². The van der Waals surface area contributed by atoms with Crippen LogP contribution in [0.2, 0.25) is 0 Å². The summed E-state index contributed by atoms with van der Waals surface area (Å²) in [6.07, 6.45) is 2.13. The maximum absolute atomic E-state index is 12.7. The number of aliphatic carboxylic acids is 1. The van der Waals surface area contributed by atoms with Gasteiger partial charge in [0.1, 0.15) is 17.5 Å². The zero-order chi connectivity index (χ0) is 27.4. The Hall–Kier alpha value is -5.08. The normalized spacial score (nSPS) is 12.3. The summed E-state index contributed by atoms with van der Waals surface area (Å²) in [5, 5.41) is 27.7. The Morgan fingerprint density at radius 3 is 2.53 bits per heavy atom. The average Bonchev–Trinajstić information content (AvgIpc) is 3.51. The molecule has 198 valence electrons. The van der Waals surface area contributed by atoms with Gasteiger partial charge in [-0.2, -0.15) is 15.2 Å². The van der Waals surface area contributed by atoms with Crippen molar-refractivity contribution in [1.29, 1.82) is 0 Å². The molecule has 9 N–H and O–H groups in total. The number of nitrogens with one attached hydrogen (secondary N) is 4. The molecule has 0 saturated carbocycles. The van der Waals surface area contributed by atoms with Gasteiger partial charge < -0.3 is 26.9 Å². The van der Waals surface area contributed by atoms with Crippen LogP contribution in [0.1, 0.15) is 48.2 Å². The predicted molar refractivity (Wildman–Crippen MR) is 137 cm³/mol. The number of carboxylic acid groups (broad SMARTS) is 1. The predicted octanol–water partition coefficient (Wildman–Crippen LogP) is 0.758. The molecule has 0 bridgehead atoms. The first kappa shape index (κ1) is 26.0. The van der Waals surface area contributed by atoms with Gasteiger partial charge in [-0.15, -0.1) is 5.10 Å². The Balaban J connectivity index is 1.40. The largest absolute Gasteiger partial charge is 0.480 e. The van der Waals surface area contributed by atoms with Crippen LogP contribution < -0.4 is 22.1 Å². The first-order valence-corrected chi connectivity index (χ1v) is 11.6. The van der Waals surface area contributed by atoms with Gasteiger partial charge in [0.15, 0.2) is 0 Å². The number of tetrazole rings is 1. The van der Waals surface area contributed by atoms with E-state index in [1.807, 2.05) is 18.3 Å². The third-order valence-corrected chi connectivity index (χ3v) is 6.08. The van der Waals surface area contributed by atoms with Gasteiger partial charge in [-0.1, -0.05) is 31.1 Å². The third-order valence-electron chi connectivity index (χ3n) is 6.08. The van der Waals surface area contributed by atoms with Crippen LogP contribution in [0.5, 0.6) is 0 Å². The molecular weight excluding hydrogens is 494 g/mol. The molecule has 4 rings (SSSR count). The Morgan fingerprint density at radius 2 is 1.87 bits per heavy atom. The van der Waals surface area contributed by atoms with E-state index < -0.39 is 23.8 Å². The highest BCUT2D eigenvalue weighted by atomic mass is 16.4. The Kier molecular flexibility index (Phi) is 7.18. The van der Waals surface area contributed by atoms with Gasteiger partial charge in [0.25, 0.3) is 11.9 Å². The second-order valence-electron chi connectivity index (χ2n) is 9.33. The van der Waals surface area contributed by atoms with Gasteiger partial charge in [-0.25, -0.2) is 4.79 Å². The number of rotatable bonds is 10. The number of benzene rings is 1. The van der Waals surface area contributed by atoms with Crippen LogP contribution in [-0.4, -0.2) is 64.5 Å². The highest BCUT2D eigenvalue weighted by Gasteiger charge is 2.26. The van der Waals surface area contributed by atoms with Crippen molar-refractivity contribution in [2.75, 3.05) is 16.8 Å². The van der Waals surface area contributed by atoms with Crippen LogP contribution in [0.25, 0.3) is 11.0 Å². The summed E-state index contributed by atoms with van der Waals surface area (Å²) < 4.78 is 0. The van der Waals surface area contributed by atoms with Gasteiger partial charge in [0.2, 0.25) is 11.9 Å². The molecule has 1 aromatic carbocycles. The molecule has 1 unspecified atom stereocenters. The standard InChI is InChI=1S/C23H27N11O4/c1-23(2,9-12-10-26-18-16(12)17(24)29-21(25)30-18)13-5-3-11(4-6-13)19(36)27-14(20(37)38)7-8-15(35)28-22-31-33-34-32-22/h3-6,10,14H,7-9H2,1-2H3,(H,27,36)(H,37,38)(H5,24,25,26,29,30)(H2,28,31,32,33,34,35). The summed E-state index contributed by atoms with van der Waals surface area (Å²) in [7, 11) is 0. The first-order valence-electron chi connectivity index (χ1n) is 11.6. The lowest BCUT2D eigenvalue weighted by molar-refractivity contribution is -0.139. The molecule has 2 amide bonds. The van der Waals surface area contributed by atoms with Crippen LogP contribution in [0.15, 0.2) is 30.5 Å². The Labute approximate surface area is 215 Å². The van der Waals surface area contributed by atoms with Crippen LogP contribution in [0, 0.1) is 0 Å². The maximum atomic E-state index is 12.7. The summed E-state index contributed by atoms with van der Waals surface area (Å²) >= 11 is 0. The number of nitrogens with zero attached hydrogens (tertiary/aromatic N) is 5. The van der Waals surface area contributed by atoms with E-state index in [0.717, 1.165) is 11.1 Å². The number of nitrogens with two attached hydrogens (primary N) is 2. The molecule has 15 heteroatoms. The fraction of sp³-hybridized carbons (Fsp3) is 0.304. The number of fused-ring (bicyclic) bond motifs is 1.